The van der Waals surface area contributed by atoms with Gasteiger partial charge in [-0.1, -0.05) is 24.3 Å². The quantitative estimate of drug-likeness (QED) is 0.631. The fourth-order valence-corrected chi connectivity index (χ4v) is 2.76. The third-order valence-electron chi connectivity index (χ3n) is 3.48. The van der Waals surface area contributed by atoms with Crippen molar-refractivity contribution in [3.63, 3.8) is 0 Å². The SMILES string of the molecule is Cc1ccc(NC(=O)c2oc3ccccc3c2C)cc1I. The summed E-state index contributed by atoms with van der Waals surface area (Å²) < 4.78 is 6.79. The fraction of sp³-hybridized carbons (Fsp3) is 0.118. The van der Waals surface area contributed by atoms with E-state index in [9.17, 15) is 4.79 Å². The van der Waals surface area contributed by atoms with Gasteiger partial charge in [0.15, 0.2) is 5.76 Å². The maximum atomic E-state index is 12.4. The minimum atomic E-state index is -0.219. The molecule has 0 saturated heterocycles. The molecule has 3 aromatic rings. The lowest BCUT2D eigenvalue weighted by Gasteiger charge is -2.06. The van der Waals surface area contributed by atoms with Gasteiger partial charge in [-0.15, -0.1) is 0 Å². The lowest BCUT2D eigenvalue weighted by molar-refractivity contribution is 0.0998. The molecule has 4 heteroatoms. The van der Waals surface area contributed by atoms with Gasteiger partial charge in [0, 0.05) is 20.2 Å². The molecule has 1 aromatic heterocycles. The largest absolute Gasteiger partial charge is 0.451 e. The molecular weight excluding hydrogens is 377 g/mol. The predicted octanol–water partition coefficient (Wildman–Crippen LogP) is 4.91. The molecule has 0 aliphatic carbocycles. The van der Waals surface area contributed by atoms with Gasteiger partial charge in [0.05, 0.1) is 0 Å². The topological polar surface area (TPSA) is 42.2 Å². The van der Waals surface area contributed by atoms with Gasteiger partial charge in [0.25, 0.3) is 5.91 Å². The van der Waals surface area contributed by atoms with Crippen molar-refractivity contribution in [2.24, 2.45) is 0 Å². The van der Waals surface area contributed by atoms with Crippen LogP contribution in [0.2, 0.25) is 0 Å². The van der Waals surface area contributed by atoms with Crippen LogP contribution in [0.5, 0.6) is 0 Å². The highest BCUT2D eigenvalue weighted by Gasteiger charge is 2.17. The van der Waals surface area contributed by atoms with E-state index in [4.69, 9.17) is 4.42 Å². The second-order valence-electron chi connectivity index (χ2n) is 4.97. The van der Waals surface area contributed by atoms with Crippen molar-refractivity contribution < 1.29 is 9.21 Å². The molecule has 0 bridgehead atoms. The third kappa shape index (κ3) is 2.68. The van der Waals surface area contributed by atoms with E-state index in [0.29, 0.717) is 5.76 Å². The number of halogens is 1. The molecule has 1 N–H and O–H groups in total. The average Bonchev–Trinajstić information content (AvgIpc) is 2.81. The normalized spacial score (nSPS) is 10.8. The summed E-state index contributed by atoms with van der Waals surface area (Å²) in [5, 5.41) is 3.86. The van der Waals surface area contributed by atoms with Gasteiger partial charge in [-0.2, -0.15) is 0 Å². The summed E-state index contributed by atoms with van der Waals surface area (Å²) >= 11 is 2.25. The van der Waals surface area contributed by atoms with Gasteiger partial charge >= 0.3 is 0 Å². The molecule has 0 aliphatic rings. The average molecular weight is 391 g/mol. The van der Waals surface area contributed by atoms with E-state index in [1.807, 2.05) is 56.3 Å². The first-order chi connectivity index (χ1) is 10.1. The molecule has 3 nitrogen and oxygen atoms in total. The zero-order chi connectivity index (χ0) is 15.0. The number of aryl methyl sites for hydroxylation is 2. The Morgan fingerprint density at radius 1 is 1.14 bits per heavy atom. The summed E-state index contributed by atoms with van der Waals surface area (Å²) in [6.45, 7) is 3.94. The number of fused-ring (bicyclic) bond motifs is 1. The molecule has 21 heavy (non-hydrogen) atoms. The van der Waals surface area contributed by atoms with Crippen molar-refractivity contribution in [1.29, 1.82) is 0 Å². The molecule has 0 aliphatic heterocycles. The monoisotopic (exact) mass is 391 g/mol. The molecule has 1 heterocycles. The van der Waals surface area contributed by atoms with Crippen LogP contribution < -0.4 is 5.32 Å². The Bertz CT molecular complexity index is 836. The Balaban J connectivity index is 1.93. The first-order valence-electron chi connectivity index (χ1n) is 6.62. The highest BCUT2D eigenvalue weighted by atomic mass is 127. The predicted molar refractivity (Wildman–Crippen MR) is 92.8 cm³/mol. The van der Waals surface area contributed by atoms with Crippen LogP contribution in [0.25, 0.3) is 11.0 Å². The smallest absolute Gasteiger partial charge is 0.291 e. The second-order valence-corrected chi connectivity index (χ2v) is 6.13. The summed E-state index contributed by atoms with van der Waals surface area (Å²) in [6.07, 6.45) is 0. The molecule has 0 unspecified atom stereocenters. The third-order valence-corrected chi connectivity index (χ3v) is 4.64. The lowest BCUT2D eigenvalue weighted by atomic mass is 10.1. The van der Waals surface area contributed by atoms with Crippen LogP contribution in [0.15, 0.2) is 46.9 Å². The lowest BCUT2D eigenvalue weighted by Crippen LogP contribution is -2.12. The molecule has 0 radical (unpaired) electrons. The fourth-order valence-electron chi connectivity index (χ4n) is 2.25. The van der Waals surface area contributed by atoms with Crippen LogP contribution in [0.1, 0.15) is 21.7 Å². The van der Waals surface area contributed by atoms with Gasteiger partial charge in [-0.25, -0.2) is 0 Å². The van der Waals surface area contributed by atoms with Crippen LogP contribution in [-0.4, -0.2) is 5.91 Å². The highest BCUT2D eigenvalue weighted by molar-refractivity contribution is 14.1. The number of nitrogens with one attached hydrogen (secondary N) is 1. The van der Waals surface area contributed by atoms with E-state index in [-0.39, 0.29) is 5.91 Å². The molecule has 0 atom stereocenters. The second kappa shape index (κ2) is 5.52. The van der Waals surface area contributed by atoms with Gasteiger partial charge in [-0.3, -0.25) is 4.79 Å². The number of furan rings is 1. The molecule has 0 saturated carbocycles. The Morgan fingerprint density at radius 2 is 1.90 bits per heavy atom. The van der Waals surface area contributed by atoms with E-state index in [0.717, 1.165) is 25.8 Å². The van der Waals surface area contributed by atoms with Crippen LogP contribution in [0, 0.1) is 17.4 Å². The summed E-state index contributed by atoms with van der Waals surface area (Å²) in [5.74, 6) is 0.148. The molecule has 0 spiro atoms. The Labute approximate surface area is 136 Å². The van der Waals surface area contributed by atoms with E-state index < -0.39 is 0 Å². The number of anilines is 1. The van der Waals surface area contributed by atoms with E-state index in [1.165, 1.54) is 5.56 Å². The standard InChI is InChI=1S/C17H14INO2/c1-10-7-8-12(9-14(10)18)19-17(20)16-11(2)13-5-3-4-6-15(13)21-16/h3-9H,1-2H3,(H,19,20). The number of para-hydroxylation sites is 1. The van der Waals surface area contributed by atoms with Gasteiger partial charge in [0.1, 0.15) is 5.58 Å². The van der Waals surface area contributed by atoms with Crippen molar-refractivity contribution in [3.05, 3.63) is 62.9 Å². The van der Waals surface area contributed by atoms with Gasteiger partial charge in [0.2, 0.25) is 0 Å². The minimum absolute atomic E-state index is 0.219. The van der Waals surface area contributed by atoms with Crippen LogP contribution in [0.4, 0.5) is 5.69 Å². The highest BCUT2D eigenvalue weighted by Crippen LogP contribution is 2.26. The summed E-state index contributed by atoms with van der Waals surface area (Å²) in [6, 6.07) is 13.5. The zero-order valence-electron chi connectivity index (χ0n) is 11.7. The van der Waals surface area contributed by atoms with E-state index in [1.54, 1.807) is 0 Å². The number of carbonyl (C=O) groups excluding carboxylic acids is 1. The first kappa shape index (κ1) is 14.1. The first-order valence-corrected chi connectivity index (χ1v) is 7.70. The van der Waals surface area contributed by atoms with Gasteiger partial charge < -0.3 is 9.73 Å². The number of hydrogen-bond donors (Lipinski definition) is 1. The minimum Gasteiger partial charge on any atom is -0.451 e. The molecular formula is C17H14INO2. The molecule has 106 valence electrons. The van der Waals surface area contributed by atoms with Crippen LogP contribution in [-0.2, 0) is 0 Å². The maximum absolute atomic E-state index is 12.4. The van der Waals surface area contributed by atoms with Crippen LogP contribution >= 0.6 is 22.6 Å². The Kier molecular flexibility index (Phi) is 3.71. The number of carbonyl (C=O) groups is 1. The summed E-state index contributed by atoms with van der Waals surface area (Å²) in [4.78, 5) is 12.4. The van der Waals surface area contributed by atoms with Crippen molar-refractivity contribution in [2.45, 2.75) is 13.8 Å². The van der Waals surface area contributed by atoms with Crippen molar-refractivity contribution >= 4 is 45.2 Å². The van der Waals surface area contributed by atoms with Crippen molar-refractivity contribution in [1.82, 2.24) is 0 Å². The summed E-state index contributed by atoms with van der Waals surface area (Å²) in [7, 11) is 0. The molecule has 3 rings (SSSR count). The molecule has 0 fully saturated rings. The van der Waals surface area contributed by atoms with Crippen molar-refractivity contribution in [3.8, 4) is 0 Å². The number of amides is 1. The number of rotatable bonds is 2. The number of hydrogen-bond acceptors (Lipinski definition) is 2. The van der Waals surface area contributed by atoms with Crippen LogP contribution in [0.3, 0.4) is 0 Å². The molecule has 1 amide bonds. The maximum Gasteiger partial charge on any atom is 0.291 e. The van der Waals surface area contributed by atoms with E-state index >= 15 is 0 Å². The number of benzene rings is 2. The molecule has 2 aromatic carbocycles. The van der Waals surface area contributed by atoms with E-state index in [2.05, 4.69) is 27.9 Å². The van der Waals surface area contributed by atoms with Gasteiger partial charge in [-0.05, 0) is 60.2 Å². The Morgan fingerprint density at radius 3 is 2.62 bits per heavy atom. The summed E-state index contributed by atoms with van der Waals surface area (Å²) in [5.41, 5.74) is 3.56. The Hall–Kier alpha value is -1.82. The van der Waals surface area contributed by atoms with Crippen molar-refractivity contribution in [2.75, 3.05) is 5.32 Å². The zero-order valence-corrected chi connectivity index (χ0v) is 13.9.